The van der Waals surface area contributed by atoms with Gasteiger partial charge in [-0.05, 0) is 90.8 Å². The molecule has 0 saturated carbocycles. The van der Waals surface area contributed by atoms with Crippen LogP contribution in [0.2, 0.25) is 0 Å². The van der Waals surface area contributed by atoms with E-state index in [2.05, 4.69) is 37.1 Å². The standard InChI is InChI=1S/C30H23BrN4O5/c1-19-5-4-6-23(17-19)33-27(36)25-7-2-3-8-26(25)34-28(37)29(38)35-32-18-20-9-15-24(16-10-20)40-30(39)21-11-13-22(31)14-12-21/h2-18H,1H3,(H,33,36)(H,34,37)(H,35,38)/b32-18+. The third kappa shape index (κ3) is 7.71. The van der Waals surface area contributed by atoms with Gasteiger partial charge in [-0.15, -0.1) is 0 Å². The number of amides is 3. The molecule has 0 bridgehead atoms. The van der Waals surface area contributed by atoms with Crippen LogP contribution in [0.3, 0.4) is 0 Å². The Balaban J connectivity index is 1.30. The summed E-state index contributed by atoms with van der Waals surface area (Å²) in [4.78, 5) is 49.7. The van der Waals surface area contributed by atoms with Crippen molar-refractivity contribution in [3.05, 3.63) is 124 Å². The van der Waals surface area contributed by atoms with Crippen molar-refractivity contribution in [1.82, 2.24) is 5.43 Å². The van der Waals surface area contributed by atoms with Gasteiger partial charge in [0.1, 0.15) is 5.75 Å². The fourth-order valence-electron chi connectivity index (χ4n) is 3.48. The summed E-state index contributed by atoms with van der Waals surface area (Å²) in [7, 11) is 0. The number of rotatable bonds is 7. The van der Waals surface area contributed by atoms with Crippen molar-refractivity contribution in [3.8, 4) is 5.75 Å². The highest BCUT2D eigenvalue weighted by Gasteiger charge is 2.18. The molecule has 3 amide bonds. The third-order valence-electron chi connectivity index (χ3n) is 5.45. The number of nitrogens with one attached hydrogen (secondary N) is 3. The Morgan fingerprint density at radius 1 is 0.800 bits per heavy atom. The normalized spacial score (nSPS) is 10.6. The fourth-order valence-corrected chi connectivity index (χ4v) is 3.74. The molecule has 4 aromatic rings. The van der Waals surface area contributed by atoms with E-state index in [4.69, 9.17) is 4.74 Å². The molecular formula is C30H23BrN4O5. The zero-order valence-corrected chi connectivity index (χ0v) is 22.8. The van der Waals surface area contributed by atoms with Gasteiger partial charge in [0.15, 0.2) is 0 Å². The monoisotopic (exact) mass is 598 g/mol. The van der Waals surface area contributed by atoms with Gasteiger partial charge in [0, 0.05) is 10.2 Å². The lowest BCUT2D eigenvalue weighted by atomic mass is 10.1. The van der Waals surface area contributed by atoms with Crippen LogP contribution in [0, 0.1) is 6.92 Å². The maximum Gasteiger partial charge on any atom is 0.343 e. The van der Waals surface area contributed by atoms with E-state index in [0.717, 1.165) is 10.0 Å². The highest BCUT2D eigenvalue weighted by molar-refractivity contribution is 9.10. The molecule has 0 radical (unpaired) electrons. The van der Waals surface area contributed by atoms with Gasteiger partial charge in [-0.3, -0.25) is 14.4 Å². The summed E-state index contributed by atoms with van der Waals surface area (Å²) in [6, 6.07) is 26.8. The predicted octanol–water partition coefficient (Wildman–Crippen LogP) is 5.32. The largest absolute Gasteiger partial charge is 0.423 e. The molecule has 0 saturated heterocycles. The number of nitrogens with zero attached hydrogens (tertiary/aromatic N) is 1. The summed E-state index contributed by atoms with van der Waals surface area (Å²) in [5, 5.41) is 9.01. The zero-order valence-electron chi connectivity index (χ0n) is 21.2. The Morgan fingerprint density at radius 2 is 1.52 bits per heavy atom. The van der Waals surface area contributed by atoms with Gasteiger partial charge in [0.05, 0.1) is 23.0 Å². The number of benzene rings is 4. The maximum atomic E-state index is 12.8. The van der Waals surface area contributed by atoms with E-state index in [9.17, 15) is 19.2 Å². The van der Waals surface area contributed by atoms with Crippen molar-refractivity contribution in [3.63, 3.8) is 0 Å². The Morgan fingerprint density at radius 3 is 2.25 bits per heavy atom. The van der Waals surface area contributed by atoms with Gasteiger partial charge in [-0.1, -0.05) is 40.2 Å². The molecule has 0 fully saturated rings. The van der Waals surface area contributed by atoms with Crippen LogP contribution in [0.4, 0.5) is 11.4 Å². The lowest BCUT2D eigenvalue weighted by Crippen LogP contribution is -2.33. The molecule has 9 nitrogen and oxygen atoms in total. The molecule has 10 heteroatoms. The van der Waals surface area contributed by atoms with Gasteiger partial charge in [-0.2, -0.15) is 5.10 Å². The molecular weight excluding hydrogens is 576 g/mol. The second-order valence-corrected chi connectivity index (χ2v) is 9.40. The first-order valence-corrected chi connectivity index (χ1v) is 12.8. The number of hydrazone groups is 1. The van der Waals surface area contributed by atoms with E-state index >= 15 is 0 Å². The SMILES string of the molecule is Cc1cccc(NC(=O)c2ccccc2NC(=O)C(=O)N/N=C/c2ccc(OC(=O)c3ccc(Br)cc3)cc2)c1. The molecule has 4 rings (SSSR count). The van der Waals surface area contributed by atoms with Crippen molar-refractivity contribution in [1.29, 1.82) is 0 Å². The smallest absolute Gasteiger partial charge is 0.343 e. The molecule has 0 aromatic heterocycles. The molecule has 0 aliphatic carbocycles. The molecule has 3 N–H and O–H groups in total. The molecule has 0 heterocycles. The fraction of sp³-hybridized carbons (Fsp3) is 0.0333. The summed E-state index contributed by atoms with van der Waals surface area (Å²) >= 11 is 3.31. The van der Waals surface area contributed by atoms with Crippen LogP contribution in [-0.2, 0) is 9.59 Å². The predicted molar refractivity (Wildman–Crippen MR) is 155 cm³/mol. The van der Waals surface area contributed by atoms with E-state index in [1.165, 1.54) is 18.3 Å². The number of ether oxygens (including phenoxy) is 1. The van der Waals surface area contributed by atoms with Crippen LogP contribution >= 0.6 is 15.9 Å². The number of carbonyl (C=O) groups is 4. The van der Waals surface area contributed by atoms with Crippen LogP contribution in [0.5, 0.6) is 5.75 Å². The Bertz CT molecular complexity index is 1580. The Kier molecular flexibility index (Phi) is 9.16. The van der Waals surface area contributed by atoms with E-state index in [0.29, 0.717) is 22.6 Å². The highest BCUT2D eigenvalue weighted by atomic mass is 79.9. The molecule has 0 spiro atoms. The number of aryl methyl sites for hydroxylation is 1. The minimum atomic E-state index is -1.02. The van der Waals surface area contributed by atoms with Crippen LogP contribution in [0.1, 0.15) is 31.8 Å². The first kappa shape index (κ1) is 27.9. The second kappa shape index (κ2) is 13.1. The lowest BCUT2D eigenvalue weighted by molar-refractivity contribution is -0.136. The highest BCUT2D eigenvalue weighted by Crippen LogP contribution is 2.19. The Hall–Kier alpha value is -5.09. The summed E-state index contributed by atoms with van der Waals surface area (Å²) in [5.74, 6) is -2.63. The van der Waals surface area contributed by atoms with Crippen molar-refractivity contribution >= 4 is 57.2 Å². The molecule has 0 atom stereocenters. The van der Waals surface area contributed by atoms with E-state index in [1.807, 2.05) is 25.1 Å². The minimum Gasteiger partial charge on any atom is -0.423 e. The van der Waals surface area contributed by atoms with Crippen LogP contribution in [0.15, 0.2) is 107 Å². The Labute approximate surface area is 238 Å². The van der Waals surface area contributed by atoms with Crippen LogP contribution in [-0.4, -0.2) is 29.9 Å². The summed E-state index contributed by atoms with van der Waals surface area (Å²) in [6.45, 7) is 1.91. The molecule has 0 aliphatic heterocycles. The average molecular weight is 599 g/mol. The summed E-state index contributed by atoms with van der Waals surface area (Å²) in [6.07, 6.45) is 1.33. The second-order valence-electron chi connectivity index (χ2n) is 8.49. The molecule has 4 aromatic carbocycles. The van der Waals surface area contributed by atoms with Crippen LogP contribution < -0.4 is 20.8 Å². The number of esters is 1. The van der Waals surface area contributed by atoms with E-state index in [-0.39, 0.29) is 11.3 Å². The van der Waals surface area contributed by atoms with Gasteiger partial charge in [-0.25, -0.2) is 10.2 Å². The van der Waals surface area contributed by atoms with Gasteiger partial charge >= 0.3 is 17.8 Å². The molecule has 0 aliphatic rings. The van der Waals surface area contributed by atoms with Crippen molar-refractivity contribution in [2.75, 3.05) is 10.6 Å². The third-order valence-corrected chi connectivity index (χ3v) is 5.98. The number of carbonyl (C=O) groups excluding carboxylic acids is 4. The van der Waals surface area contributed by atoms with Crippen LogP contribution in [0.25, 0.3) is 0 Å². The average Bonchev–Trinajstić information content (AvgIpc) is 2.94. The number of halogens is 1. The number of para-hydroxylation sites is 1. The first-order valence-electron chi connectivity index (χ1n) is 12.0. The summed E-state index contributed by atoms with van der Waals surface area (Å²) in [5.41, 5.74) is 5.09. The van der Waals surface area contributed by atoms with Crippen molar-refractivity contribution in [2.24, 2.45) is 5.10 Å². The lowest BCUT2D eigenvalue weighted by Gasteiger charge is -2.11. The molecule has 200 valence electrons. The van der Waals surface area contributed by atoms with Gasteiger partial charge < -0.3 is 15.4 Å². The number of hydrogen-bond acceptors (Lipinski definition) is 6. The summed E-state index contributed by atoms with van der Waals surface area (Å²) < 4.78 is 6.19. The first-order chi connectivity index (χ1) is 19.3. The zero-order chi connectivity index (χ0) is 28.5. The molecule has 0 unspecified atom stereocenters. The van der Waals surface area contributed by atoms with Gasteiger partial charge in [0.25, 0.3) is 5.91 Å². The van der Waals surface area contributed by atoms with E-state index in [1.54, 1.807) is 66.7 Å². The number of hydrogen-bond donors (Lipinski definition) is 3. The number of anilines is 2. The quantitative estimate of drug-likeness (QED) is 0.0872. The van der Waals surface area contributed by atoms with E-state index < -0.39 is 23.7 Å². The van der Waals surface area contributed by atoms with Crippen molar-refractivity contribution in [2.45, 2.75) is 6.92 Å². The minimum absolute atomic E-state index is 0.171. The van der Waals surface area contributed by atoms with Gasteiger partial charge in [0.2, 0.25) is 0 Å². The molecule has 40 heavy (non-hydrogen) atoms. The topological polar surface area (TPSA) is 126 Å². The maximum absolute atomic E-state index is 12.8. The van der Waals surface area contributed by atoms with Crippen molar-refractivity contribution < 1.29 is 23.9 Å².